The smallest absolute Gasteiger partial charge is 0.315 e. The summed E-state index contributed by atoms with van der Waals surface area (Å²) in [6.07, 6.45) is 15.5. The maximum atomic E-state index is 12.2. The molecule has 1 aromatic rings. The molecule has 0 aromatic heterocycles. The molecule has 29 heavy (non-hydrogen) atoms. The van der Waals surface area contributed by atoms with E-state index in [0.717, 1.165) is 25.3 Å². The Morgan fingerprint density at radius 3 is 1.69 bits per heavy atom. The van der Waals surface area contributed by atoms with Crippen LogP contribution < -0.4 is 0 Å². The summed E-state index contributed by atoms with van der Waals surface area (Å²) in [5, 5.41) is 39.8. The van der Waals surface area contributed by atoms with Gasteiger partial charge >= 0.3 is 5.69 Å². The number of phenols is 3. The highest BCUT2D eigenvalue weighted by atomic mass is 16.6. The molecule has 0 atom stereocenters. The minimum Gasteiger partial charge on any atom is -0.504 e. The fraction of sp³-hybridized carbons (Fsp3) is 0.682. The third-order valence-electron chi connectivity index (χ3n) is 5.23. The molecule has 0 aliphatic rings. The second-order valence-electron chi connectivity index (χ2n) is 7.66. The average molecular weight is 410 g/mol. The third-order valence-corrected chi connectivity index (χ3v) is 5.23. The van der Waals surface area contributed by atoms with Crippen LogP contribution in [0.5, 0.6) is 17.2 Å². The quantitative estimate of drug-likeness (QED) is 0.0958. The van der Waals surface area contributed by atoms with Gasteiger partial charge in [0.2, 0.25) is 11.5 Å². The Bertz CT molecular complexity index is 659. The van der Waals surface area contributed by atoms with Crippen molar-refractivity contribution in [2.45, 2.75) is 96.8 Å². The van der Waals surface area contributed by atoms with Gasteiger partial charge in [0.25, 0.3) is 0 Å². The minimum absolute atomic E-state index is 0.132. The van der Waals surface area contributed by atoms with Crippen molar-refractivity contribution in [1.82, 2.24) is 0 Å². The molecule has 0 saturated carbocycles. The molecule has 0 heterocycles. The number of hydrogen-bond acceptors (Lipinski definition) is 6. The monoisotopic (exact) mass is 409 g/mol. The van der Waals surface area contributed by atoms with Crippen molar-refractivity contribution < 1.29 is 25.0 Å². The molecule has 0 aliphatic carbocycles. The topological polar surface area (TPSA) is 121 Å². The molecule has 3 N–H and O–H groups in total. The van der Waals surface area contributed by atoms with Crippen molar-refractivity contribution >= 4 is 11.5 Å². The molecule has 0 spiro atoms. The van der Waals surface area contributed by atoms with Gasteiger partial charge in [0.05, 0.1) is 10.5 Å². The highest BCUT2D eigenvalue weighted by Crippen LogP contribution is 2.44. The standard InChI is InChI=1S/C22H35NO6/c1-2-3-4-5-6-7-8-9-10-11-12-13-14-15-19(24)17-16-18(23(28)29)21(26)22(27)20(17)25/h16,25-27H,2-15H2,1H3. The molecular weight excluding hydrogens is 374 g/mol. The molecule has 0 radical (unpaired) electrons. The van der Waals surface area contributed by atoms with E-state index in [0.29, 0.717) is 6.42 Å². The second kappa shape index (κ2) is 13.8. The number of benzene rings is 1. The number of carbonyl (C=O) groups excluding carboxylic acids is 1. The summed E-state index contributed by atoms with van der Waals surface area (Å²) >= 11 is 0. The van der Waals surface area contributed by atoms with Crippen molar-refractivity contribution in [3.8, 4) is 17.2 Å². The van der Waals surface area contributed by atoms with E-state index in [9.17, 15) is 30.2 Å². The van der Waals surface area contributed by atoms with Gasteiger partial charge in [-0.1, -0.05) is 84.0 Å². The van der Waals surface area contributed by atoms with Gasteiger partial charge in [0.1, 0.15) is 0 Å². The highest BCUT2D eigenvalue weighted by molar-refractivity contribution is 6.00. The lowest BCUT2D eigenvalue weighted by atomic mass is 10.0. The van der Waals surface area contributed by atoms with Crippen LogP contribution in [0, 0.1) is 10.1 Å². The number of aromatic hydroxyl groups is 3. The number of nitro benzene ring substituents is 1. The second-order valence-corrected chi connectivity index (χ2v) is 7.66. The molecule has 0 bridgehead atoms. The van der Waals surface area contributed by atoms with Crippen molar-refractivity contribution in [2.75, 3.05) is 0 Å². The van der Waals surface area contributed by atoms with E-state index < -0.39 is 33.6 Å². The highest BCUT2D eigenvalue weighted by Gasteiger charge is 2.26. The van der Waals surface area contributed by atoms with Crippen LogP contribution in [0.4, 0.5) is 5.69 Å². The van der Waals surface area contributed by atoms with Crippen LogP contribution in [0.1, 0.15) is 107 Å². The predicted octanol–water partition coefficient (Wildman–Crippen LogP) is 6.38. The lowest BCUT2D eigenvalue weighted by molar-refractivity contribution is -0.386. The van der Waals surface area contributed by atoms with Crippen LogP contribution in [0.3, 0.4) is 0 Å². The Balaban J connectivity index is 2.21. The molecule has 7 heteroatoms. The first-order valence-corrected chi connectivity index (χ1v) is 10.9. The molecule has 164 valence electrons. The van der Waals surface area contributed by atoms with Gasteiger partial charge in [-0.25, -0.2) is 0 Å². The van der Waals surface area contributed by atoms with E-state index in [1.54, 1.807) is 0 Å². The summed E-state index contributed by atoms with van der Waals surface area (Å²) in [6, 6.07) is 0.814. The number of hydrogen-bond donors (Lipinski definition) is 3. The molecule has 0 saturated heterocycles. The first-order chi connectivity index (χ1) is 13.9. The van der Waals surface area contributed by atoms with E-state index in [1.165, 1.54) is 57.8 Å². The van der Waals surface area contributed by atoms with Crippen molar-refractivity contribution in [1.29, 1.82) is 0 Å². The molecule has 0 unspecified atom stereocenters. The Morgan fingerprint density at radius 2 is 1.24 bits per heavy atom. The van der Waals surface area contributed by atoms with Crippen molar-refractivity contribution in [3.63, 3.8) is 0 Å². The predicted molar refractivity (Wildman–Crippen MR) is 113 cm³/mol. The maximum Gasteiger partial charge on any atom is 0.315 e. The lowest BCUT2D eigenvalue weighted by Crippen LogP contribution is -2.02. The van der Waals surface area contributed by atoms with E-state index in [2.05, 4.69) is 6.92 Å². The fourth-order valence-corrected chi connectivity index (χ4v) is 3.42. The van der Waals surface area contributed by atoms with E-state index in [4.69, 9.17) is 0 Å². The zero-order valence-corrected chi connectivity index (χ0v) is 17.5. The van der Waals surface area contributed by atoms with E-state index in [1.807, 2.05) is 0 Å². The Kier molecular flexibility index (Phi) is 11.8. The summed E-state index contributed by atoms with van der Waals surface area (Å²) in [6.45, 7) is 2.23. The first kappa shape index (κ1) is 24.7. The summed E-state index contributed by atoms with van der Waals surface area (Å²) < 4.78 is 0. The minimum atomic E-state index is -1.04. The van der Waals surface area contributed by atoms with Gasteiger partial charge in [0, 0.05) is 12.5 Å². The SMILES string of the molecule is CCCCCCCCCCCCCCCC(=O)c1cc([N+](=O)[O-])c(O)c(O)c1O. The zero-order valence-electron chi connectivity index (χ0n) is 17.5. The normalized spacial score (nSPS) is 10.9. The maximum absolute atomic E-state index is 12.2. The van der Waals surface area contributed by atoms with Crippen molar-refractivity contribution in [3.05, 3.63) is 21.7 Å². The van der Waals surface area contributed by atoms with Crippen LogP contribution in [0.2, 0.25) is 0 Å². The number of Topliss-reactive ketones (excluding diaryl/α,β-unsaturated/α-hetero) is 1. The van der Waals surface area contributed by atoms with Crippen LogP contribution in [0.15, 0.2) is 6.07 Å². The number of phenolic OH excluding ortho intramolecular Hbond substituents is 3. The molecule has 0 aliphatic heterocycles. The molecule has 0 amide bonds. The molecular formula is C22H35NO6. The van der Waals surface area contributed by atoms with E-state index in [-0.39, 0.29) is 12.0 Å². The molecule has 1 aromatic carbocycles. The van der Waals surface area contributed by atoms with Gasteiger partial charge < -0.3 is 15.3 Å². The first-order valence-electron chi connectivity index (χ1n) is 10.9. The number of nitrogens with zero attached hydrogens (tertiary/aromatic N) is 1. The third kappa shape index (κ3) is 8.71. The largest absolute Gasteiger partial charge is 0.504 e. The van der Waals surface area contributed by atoms with Gasteiger partial charge in [0.15, 0.2) is 11.5 Å². The summed E-state index contributed by atoms with van der Waals surface area (Å²) in [5.41, 5.74) is -1.13. The Hall–Kier alpha value is -2.31. The summed E-state index contributed by atoms with van der Waals surface area (Å²) in [5.74, 6) is -3.37. The number of ketones is 1. The zero-order chi connectivity index (χ0) is 21.6. The van der Waals surface area contributed by atoms with Gasteiger partial charge in [-0.2, -0.15) is 0 Å². The fourth-order valence-electron chi connectivity index (χ4n) is 3.42. The number of unbranched alkanes of at least 4 members (excludes halogenated alkanes) is 12. The van der Waals surface area contributed by atoms with Crippen LogP contribution in [0.25, 0.3) is 0 Å². The number of nitro groups is 1. The van der Waals surface area contributed by atoms with Crippen LogP contribution >= 0.6 is 0 Å². The summed E-state index contributed by atoms with van der Waals surface area (Å²) in [4.78, 5) is 22.2. The number of rotatable bonds is 16. The number of carbonyl (C=O) groups is 1. The van der Waals surface area contributed by atoms with Gasteiger partial charge in [-0.3, -0.25) is 14.9 Å². The average Bonchev–Trinajstić information content (AvgIpc) is 2.69. The van der Waals surface area contributed by atoms with E-state index >= 15 is 0 Å². The summed E-state index contributed by atoms with van der Waals surface area (Å²) in [7, 11) is 0. The molecule has 7 nitrogen and oxygen atoms in total. The molecule has 0 fully saturated rings. The Labute approximate surface area is 172 Å². The Morgan fingerprint density at radius 1 is 0.793 bits per heavy atom. The van der Waals surface area contributed by atoms with Gasteiger partial charge in [-0.05, 0) is 6.42 Å². The van der Waals surface area contributed by atoms with Gasteiger partial charge in [-0.15, -0.1) is 0 Å². The van der Waals surface area contributed by atoms with Crippen molar-refractivity contribution in [2.24, 2.45) is 0 Å². The van der Waals surface area contributed by atoms with Crippen LogP contribution in [-0.4, -0.2) is 26.0 Å². The van der Waals surface area contributed by atoms with Crippen LogP contribution in [-0.2, 0) is 0 Å². The molecule has 1 rings (SSSR count). The lowest BCUT2D eigenvalue weighted by Gasteiger charge is -2.08.